The van der Waals surface area contributed by atoms with Gasteiger partial charge in [-0.15, -0.1) is 0 Å². The molecule has 0 radical (unpaired) electrons. The van der Waals surface area contributed by atoms with E-state index < -0.39 is 0 Å². The maximum Gasteiger partial charge on any atom is 0.0606 e. The Hall–Kier alpha value is -0.570. The maximum absolute atomic E-state index is 4.21. The van der Waals surface area contributed by atoms with Crippen LogP contribution in [0.4, 0.5) is 0 Å². The number of alkyl halides is 1. The molecule has 0 aliphatic rings. The molecule has 1 aromatic rings. The standard InChI is InChI=1S/C9H13BrN2/c1-2-8-12-9(4-3-6-10)5-7-11-12/h3-5,7H,2,6,8H2,1H3/b4-3+. The number of rotatable bonds is 4. The second kappa shape index (κ2) is 5.14. The van der Waals surface area contributed by atoms with Gasteiger partial charge in [-0.3, -0.25) is 4.68 Å². The molecule has 0 saturated heterocycles. The van der Waals surface area contributed by atoms with Crippen LogP contribution in [0.25, 0.3) is 6.08 Å². The fourth-order valence-electron chi connectivity index (χ4n) is 1.05. The molecule has 0 N–H and O–H groups in total. The Morgan fingerprint density at radius 1 is 1.67 bits per heavy atom. The molecular weight excluding hydrogens is 216 g/mol. The molecule has 0 fully saturated rings. The first-order valence-electron chi connectivity index (χ1n) is 4.12. The van der Waals surface area contributed by atoms with E-state index in [4.69, 9.17) is 0 Å². The van der Waals surface area contributed by atoms with Crippen molar-refractivity contribution in [2.45, 2.75) is 19.9 Å². The summed E-state index contributed by atoms with van der Waals surface area (Å²) in [5, 5.41) is 5.10. The largest absolute Gasteiger partial charge is 0.266 e. The van der Waals surface area contributed by atoms with Crippen LogP contribution in [0.2, 0.25) is 0 Å². The minimum Gasteiger partial charge on any atom is -0.266 e. The molecule has 1 rings (SSSR count). The Morgan fingerprint density at radius 2 is 2.50 bits per heavy atom. The van der Waals surface area contributed by atoms with Crippen LogP contribution >= 0.6 is 15.9 Å². The van der Waals surface area contributed by atoms with E-state index in [-0.39, 0.29) is 0 Å². The Kier molecular flexibility index (Phi) is 4.08. The van der Waals surface area contributed by atoms with Crippen LogP contribution < -0.4 is 0 Å². The van der Waals surface area contributed by atoms with E-state index in [0.29, 0.717) is 0 Å². The molecule has 2 nitrogen and oxygen atoms in total. The lowest BCUT2D eigenvalue weighted by molar-refractivity contribution is 0.598. The quantitative estimate of drug-likeness (QED) is 0.726. The van der Waals surface area contributed by atoms with Crippen molar-refractivity contribution in [2.24, 2.45) is 0 Å². The number of allylic oxidation sites excluding steroid dienone is 1. The normalized spacial score (nSPS) is 11.2. The third kappa shape index (κ3) is 2.48. The molecule has 1 heterocycles. The Balaban J connectivity index is 2.69. The van der Waals surface area contributed by atoms with Gasteiger partial charge in [0.15, 0.2) is 0 Å². The summed E-state index contributed by atoms with van der Waals surface area (Å²) in [5.74, 6) is 0. The molecule has 66 valence electrons. The van der Waals surface area contributed by atoms with E-state index in [9.17, 15) is 0 Å². The topological polar surface area (TPSA) is 17.8 Å². The summed E-state index contributed by atoms with van der Waals surface area (Å²) in [6, 6.07) is 2.02. The molecule has 1 aromatic heterocycles. The van der Waals surface area contributed by atoms with Gasteiger partial charge in [0, 0.05) is 18.1 Å². The van der Waals surface area contributed by atoms with Crippen LogP contribution in [0.5, 0.6) is 0 Å². The lowest BCUT2D eigenvalue weighted by Crippen LogP contribution is -2.00. The first kappa shape index (κ1) is 9.52. The van der Waals surface area contributed by atoms with Gasteiger partial charge in [0.2, 0.25) is 0 Å². The number of aryl methyl sites for hydroxylation is 1. The van der Waals surface area contributed by atoms with Crippen molar-refractivity contribution in [3.05, 3.63) is 24.0 Å². The zero-order valence-corrected chi connectivity index (χ0v) is 8.79. The number of hydrogen-bond acceptors (Lipinski definition) is 1. The van der Waals surface area contributed by atoms with Crippen LogP contribution in [0.3, 0.4) is 0 Å². The molecule has 0 aliphatic heterocycles. The van der Waals surface area contributed by atoms with E-state index in [1.807, 2.05) is 16.9 Å². The maximum atomic E-state index is 4.21. The predicted octanol–water partition coefficient (Wildman–Crippen LogP) is 2.70. The van der Waals surface area contributed by atoms with E-state index in [1.54, 1.807) is 0 Å². The SMILES string of the molecule is CCCn1nccc1/C=C/CBr. The number of hydrogen-bond donors (Lipinski definition) is 0. The zero-order valence-electron chi connectivity index (χ0n) is 7.20. The zero-order chi connectivity index (χ0) is 8.81. The molecule has 0 aliphatic carbocycles. The summed E-state index contributed by atoms with van der Waals surface area (Å²) >= 11 is 3.34. The fourth-order valence-corrected chi connectivity index (χ4v) is 1.24. The molecular formula is C9H13BrN2. The lowest BCUT2D eigenvalue weighted by atomic mass is 10.3. The van der Waals surface area contributed by atoms with Crippen molar-refractivity contribution < 1.29 is 0 Å². The van der Waals surface area contributed by atoms with Gasteiger partial charge in [-0.1, -0.05) is 28.9 Å². The molecule has 0 saturated carbocycles. The minimum absolute atomic E-state index is 0.893. The molecule has 12 heavy (non-hydrogen) atoms. The van der Waals surface area contributed by atoms with Crippen LogP contribution in [0.1, 0.15) is 19.0 Å². The van der Waals surface area contributed by atoms with Gasteiger partial charge >= 0.3 is 0 Å². The monoisotopic (exact) mass is 228 g/mol. The molecule has 3 heteroatoms. The molecule has 0 amide bonds. The highest BCUT2D eigenvalue weighted by Crippen LogP contribution is 2.03. The third-order valence-corrected chi connectivity index (χ3v) is 1.94. The highest BCUT2D eigenvalue weighted by atomic mass is 79.9. The van der Waals surface area contributed by atoms with Crippen LogP contribution in [0, 0.1) is 0 Å². The van der Waals surface area contributed by atoms with Crippen molar-refractivity contribution in [1.82, 2.24) is 9.78 Å². The third-order valence-electron chi connectivity index (χ3n) is 1.56. The van der Waals surface area contributed by atoms with Crippen LogP contribution in [-0.4, -0.2) is 15.1 Å². The first-order valence-corrected chi connectivity index (χ1v) is 5.25. The molecule has 0 aromatic carbocycles. The summed E-state index contributed by atoms with van der Waals surface area (Å²) in [4.78, 5) is 0. The smallest absolute Gasteiger partial charge is 0.0606 e. The van der Waals surface area contributed by atoms with Crippen molar-refractivity contribution in [3.63, 3.8) is 0 Å². The summed E-state index contributed by atoms with van der Waals surface area (Å²) in [6.07, 6.45) is 7.11. The predicted molar refractivity (Wildman–Crippen MR) is 55.3 cm³/mol. The number of aromatic nitrogens is 2. The molecule has 0 bridgehead atoms. The van der Waals surface area contributed by atoms with Crippen molar-refractivity contribution in [3.8, 4) is 0 Å². The Morgan fingerprint density at radius 3 is 3.17 bits per heavy atom. The minimum atomic E-state index is 0.893. The highest BCUT2D eigenvalue weighted by Gasteiger charge is 1.95. The van der Waals surface area contributed by atoms with E-state index in [2.05, 4.69) is 40.1 Å². The van der Waals surface area contributed by atoms with Gasteiger partial charge in [-0.2, -0.15) is 5.10 Å². The average Bonchev–Trinajstić information content (AvgIpc) is 2.50. The number of halogens is 1. The van der Waals surface area contributed by atoms with E-state index in [1.165, 1.54) is 5.69 Å². The van der Waals surface area contributed by atoms with Crippen molar-refractivity contribution in [1.29, 1.82) is 0 Å². The van der Waals surface area contributed by atoms with E-state index >= 15 is 0 Å². The second-order valence-electron chi connectivity index (χ2n) is 2.54. The van der Waals surface area contributed by atoms with Crippen molar-refractivity contribution >= 4 is 22.0 Å². The summed E-state index contributed by atoms with van der Waals surface area (Å²) in [7, 11) is 0. The molecule has 0 atom stereocenters. The highest BCUT2D eigenvalue weighted by molar-refractivity contribution is 9.09. The van der Waals surface area contributed by atoms with Gasteiger partial charge in [0.25, 0.3) is 0 Å². The summed E-state index contributed by atoms with van der Waals surface area (Å²) in [6.45, 7) is 3.15. The molecule has 0 unspecified atom stereocenters. The van der Waals surface area contributed by atoms with Crippen LogP contribution in [0.15, 0.2) is 18.3 Å². The first-order chi connectivity index (χ1) is 5.88. The summed E-state index contributed by atoms with van der Waals surface area (Å²) < 4.78 is 2.01. The van der Waals surface area contributed by atoms with Gasteiger partial charge in [-0.25, -0.2) is 0 Å². The lowest BCUT2D eigenvalue weighted by Gasteiger charge is -2.00. The van der Waals surface area contributed by atoms with Gasteiger partial charge in [0.1, 0.15) is 0 Å². The molecule has 0 spiro atoms. The second-order valence-corrected chi connectivity index (χ2v) is 3.18. The number of nitrogens with zero attached hydrogens (tertiary/aromatic N) is 2. The summed E-state index contributed by atoms with van der Waals surface area (Å²) in [5.41, 5.74) is 1.18. The van der Waals surface area contributed by atoms with Crippen molar-refractivity contribution in [2.75, 3.05) is 5.33 Å². The van der Waals surface area contributed by atoms with Gasteiger partial charge in [0.05, 0.1) is 5.69 Å². The van der Waals surface area contributed by atoms with Crippen LogP contribution in [-0.2, 0) is 6.54 Å². The average molecular weight is 229 g/mol. The van der Waals surface area contributed by atoms with Gasteiger partial charge < -0.3 is 0 Å². The Labute approximate surface area is 81.4 Å². The Bertz CT molecular complexity index is 253. The fraction of sp³-hybridized carbons (Fsp3) is 0.444. The van der Waals surface area contributed by atoms with E-state index in [0.717, 1.165) is 18.3 Å². The van der Waals surface area contributed by atoms with Gasteiger partial charge in [-0.05, 0) is 18.6 Å².